The molecule has 0 amide bonds. The van der Waals surface area contributed by atoms with Crippen LogP contribution in [0.25, 0.3) is 0 Å². The molecule has 0 spiro atoms. The molecule has 0 unspecified atom stereocenters. The number of hydrogen-bond acceptors (Lipinski definition) is 3. The van der Waals surface area contributed by atoms with E-state index in [0.717, 1.165) is 18.5 Å². The molecular weight excluding hydrogens is 202 g/mol. The average Bonchev–Trinajstić information content (AvgIpc) is 2.20. The Bertz CT molecular complexity index is 315. The van der Waals surface area contributed by atoms with Crippen LogP contribution in [0.3, 0.4) is 0 Å². The van der Waals surface area contributed by atoms with E-state index in [0.29, 0.717) is 10.8 Å². The Morgan fingerprint density at radius 1 is 1.50 bits per heavy atom. The first-order chi connectivity index (χ1) is 6.69. The fourth-order valence-electron chi connectivity index (χ4n) is 1.20. The molecule has 0 aromatic heterocycles. The standard InChI is InChI=1S/C10H14ClNO2/c1-12-4-3-7-5-8(14-2)6-9(11)10(7)13/h5-6,12-13H,3-4H2,1-2H3. The van der Waals surface area contributed by atoms with Gasteiger partial charge in [0.2, 0.25) is 0 Å². The number of ether oxygens (including phenoxy) is 1. The summed E-state index contributed by atoms with van der Waals surface area (Å²) in [5.74, 6) is 0.807. The molecule has 3 nitrogen and oxygen atoms in total. The number of aromatic hydroxyl groups is 1. The van der Waals surface area contributed by atoms with Crippen LogP contribution in [0.4, 0.5) is 0 Å². The minimum Gasteiger partial charge on any atom is -0.506 e. The number of phenolic OH excluding ortho intramolecular Hbond substituents is 1. The van der Waals surface area contributed by atoms with Gasteiger partial charge < -0.3 is 15.2 Å². The van der Waals surface area contributed by atoms with Crippen molar-refractivity contribution in [2.24, 2.45) is 0 Å². The third-order valence-corrected chi connectivity index (χ3v) is 2.28. The van der Waals surface area contributed by atoms with E-state index >= 15 is 0 Å². The molecule has 1 aromatic rings. The number of hydrogen-bond donors (Lipinski definition) is 2. The summed E-state index contributed by atoms with van der Waals surface area (Å²) < 4.78 is 5.05. The third-order valence-electron chi connectivity index (χ3n) is 2.00. The SMILES string of the molecule is CNCCc1cc(OC)cc(Cl)c1O. The first kappa shape index (κ1) is 11.1. The van der Waals surface area contributed by atoms with E-state index < -0.39 is 0 Å². The Kier molecular flexibility index (Phi) is 4.04. The van der Waals surface area contributed by atoms with Crippen molar-refractivity contribution < 1.29 is 9.84 Å². The monoisotopic (exact) mass is 215 g/mol. The van der Waals surface area contributed by atoms with Gasteiger partial charge in [-0.3, -0.25) is 0 Å². The molecule has 4 heteroatoms. The largest absolute Gasteiger partial charge is 0.506 e. The molecule has 0 aliphatic carbocycles. The predicted octanol–water partition coefficient (Wildman–Crippen LogP) is 1.82. The Morgan fingerprint density at radius 3 is 2.79 bits per heavy atom. The highest BCUT2D eigenvalue weighted by atomic mass is 35.5. The highest BCUT2D eigenvalue weighted by molar-refractivity contribution is 6.32. The molecule has 78 valence electrons. The van der Waals surface area contributed by atoms with Gasteiger partial charge in [-0.1, -0.05) is 11.6 Å². The quantitative estimate of drug-likeness (QED) is 0.805. The molecule has 14 heavy (non-hydrogen) atoms. The summed E-state index contributed by atoms with van der Waals surface area (Å²) in [5, 5.41) is 13.0. The van der Waals surface area contributed by atoms with E-state index in [-0.39, 0.29) is 5.75 Å². The average molecular weight is 216 g/mol. The van der Waals surface area contributed by atoms with Crippen LogP contribution < -0.4 is 10.1 Å². The van der Waals surface area contributed by atoms with Gasteiger partial charge in [0.15, 0.2) is 0 Å². The van der Waals surface area contributed by atoms with Gasteiger partial charge in [0.1, 0.15) is 11.5 Å². The van der Waals surface area contributed by atoms with Crippen molar-refractivity contribution in [2.75, 3.05) is 20.7 Å². The molecule has 0 bridgehead atoms. The summed E-state index contributed by atoms with van der Waals surface area (Å²) >= 11 is 5.83. The highest BCUT2D eigenvalue weighted by Crippen LogP contribution is 2.32. The van der Waals surface area contributed by atoms with Crippen LogP contribution in [0.2, 0.25) is 5.02 Å². The second-order valence-corrected chi connectivity index (χ2v) is 3.38. The van der Waals surface area contributed by atoms with Gasteiger partial charge in [-0.25, -0.2) is 0 Å². The van der Waals surface area contributed by atoms with E-state index in [2.05, 4.69) is 5.32 Å². The van der Waals surface area contributed by atoms with Crippen molar-refractivity contribution in [3.63, 3.8) is 0 Å². The second kappa shape index (κ2) is 5.08. The zero-order valence-electron chi connectivity index (χ0n) is 8.30. The Labute approximate surface area is 88.7 Å². The predicted molar refractivity (Wildman–Crippen MR) is 57.3 cm³/mol. The maximum absolute atomic E-state index is 9.63. The van der Waals surface area contributed by atoms with Crippen molar-refractivity contribution in [1.82, 2.24) is 5.32 Å². The Morgan fingerprint density at radius 2 is 2.21 bits per heavy atom. The molecule has 0 radical (unpaired) electrons. The molecule has 0 aliphatic rings. The van der Waals surface area contributed by atoms with Crippen molar-refractivity contribution in [2.45, 2.75) is 6.42 Å². The van der Waals surface area contributed by atoms with Crippen molar-refractivity contribution in [1.29, 1.82) is 0 Å². The molecule has 1 rings (SSSR count). The van der Waals surface area contributed by atoms with Crippen LogP contribution in [0.15, 0.2) is 12.1 Å². The summed E-state index contributed by atoms with van der Waals surface area (Å²) in [7, 11) is 3.43. The smallest absolute Gasteiger partial charge is 0.137 e. The molecule has 0 saturated carbocycles. The van der Waals surface area contributed by atoms with Crippen LogP contribution in [-0.4, -0.2) is 25.8 Å². The van der Waals surface area contributed by atoms with E-state index in [9.17, 15) is 5.11 Å². The van der Waals surface area contributed by atoms with Gasteiger partial charge in [0.25, 0.3) is 0 Å². The molecule has 2 N–H and O–H groups in total. The van der Waals surface area contributed by atoms with Crippen LogP contribution >= 0.6 is 11.6 Å². The van der Waals surface area contributed by atoms with Gasteiger partial charge in [0.05, 0.1) is 12.1 Å². The lowest BCUT2D eigenvalue weighted by atomic mass is 10.1. The van der Waals surface area contributed by atoms with Gasteiger partial charge in [-0.2, -0.15) is 0 Å². The van der Waals surface area contributed by atoms with Crippen molar-refractivity contribution >= 4 is 11.6 Å². The first-order valence-corrected chi connectivity index (χ1v) is 4.76. The second-order valence-electron chi connectivity index (χ2n) is 2.97. The topological polar surface area (TPSA) is 41.5 Å². The molecule has 0 aliphatic heterocycles. The number of likely N-dealkylation sites (N-methyl/N-ethyl adjacent to an activating group) is 1. The number of methoxy groups -OCH3 is 1. The number of benzene rings is 1. The highest BCUT2D eigenvalue weighted by Gasteiger charge is 2.08. The molecule has 1 aromatic carbocycles. The fourth-order valence-corrected chi connectivity index (χ4v) is 1.43. The van der Waals surface area contributed by atoms with Crippen LogP contribution in [0, 0.1) is 0 Å². The Hall–Kier alpha value is -0.930. The molecular formula is C10H14ClNO2. The van der Waals surface area contributed by atoms with Crippen LogP contribution in [0.5, 0.6) is 11.5 Å². The number of halogens is 1. The van der Waals surface area contributed by atoms with Crippen molar-refractivity contribution in [3.05, 3.63) is 22.7 Å². The van der Waals surface area contributed by atoms with E-state index in [1.165, 1.54) is 0 Å². The number of rotatable bonds is 4. The number of phenols is 1. The lowest BCUT2D eigenvalue weighted by molar-refractivity contribution is 0.410. The van der Waals surface area contributed by atoms with Crippen LogP contribution in [0.1, 0.15) is 5.56 Å². The maximum atomic E-state index is 9.63. The zero-order chi connectivity index (χ0) is 10.6. The van der Waals surface area contributed by atoms with Gasteiger partial charge in [-0.05, 0) is 26.1 Å². The lowest BCUT2D eigenvalue weighted by Crippen LogP contribution is -2.10. The van der Waals surface area contributed by atoms with Gasteiger partial charge in [0, 0.05) is 11.6 Å². The summed E-state index contributed by atoms with van der Waals surface area (Å²) in [6, 6.07) is 3.39. The summed E-state index contributed by atoms with van der Waals surface area (Å²) in [5.41, 5.74) is 0.795. The summed E-state index contributed by atoms with van der Waals surface area (Å²) in [6.07, 6.45) is 0.721. The number of nitrogens with one attached hydrogen (secondary N) is 1. The van der Waals surface area contributed by atoms with Crippen molar-refractivity contribution in [3.8, 4) is 11.5 Å². The zero-order valence-corrected chi connectivity index (χ0v) is 9.06. The molecule has 0 heterocycles. The molecule has 0 saturated heterocycles. The minimum atomic E-state index is 0.141. The summed E-state index contributed by atoms with van der Waals surface area (Å²) in [4.78, 5) is 0. The van der Waals surface area contributed by atoms with Gasteiger partial charge >= 0.3 is 0 Å². The fraction of sp³-hybridized carbons (Fsp3) is 0.400. The normalized spacial score (nSPS) is 10.2. The van der Waals surface area contributed by atoms with E-state index in [1.807, 2.05) is 7.05 Å². The lowest BCUT2D eigenvalue weighted by Gasteiger charge is -2.08. The molecule has 0 fully saturated rings. The minimum absolute atomic E-state index is 0.141. The van der Waals surface area contributed by atoms with E-state index in [4.69, 9.17) is 16.3 Å². The van der Waals surface area contributed by atoms with Crippen LogP contribution in [-0.2, 0) is 6.42 Å². The third kappa shape index (κ3) is 2.53. The summed E-state index contributed by atoms with van der Waals surface area (Å²) in [6.45, 7) is 0.789. The first-order valence-electron chi connectivity index (χ1n) is 4.39. The van der Waals surface area contributed by atoms with Gasteiger partial charge in [-0.15, -0.1) is 0 Å². The maximum Gasteiger partial charge on any atom is 0.137 e. The molecule has 0 atom stereocenters. The van der Waals surface area contributed by atoms with E-state index in [1.54, 1.807) is 19.2 Å². The Balaban J connectivity index is 2.95.